The van der Waals surface area contributed by atoms with Gasteiger partial charge in [-0.15, -0.1) is 0 Å². The standard InChI is InChI=1S/C23H24N2O4/c1-15-9-11-17(12-10-15)18-14-19(29-24-18)21(26)25-20(23(2,3)28-22(25)27)13-16-7-5-4-6-8-16/h4-12,19-20H,13-14H2,1-3H3/t19-,20-/m0/s1. The number of hydrogen-bond donors (Lipinski definition) is 0. The van der Waals surface area contributed by atoms with Gasteiger partial charge in [0, 0.05) is 6.42 Å². The largest absolute Gasteiger partial charge is 0.441 e. The Balaban J connectivity index is 1.52. The lowest BCUT2D eigenvalue weighted by Gasteiger charge is -2.28. The molecule has 0 N–H and O–H groups in total. The van der Waals surface area contributed by atoms with Gasteiger partial charge in [-0.1, -0.05) is 65.3 Å². The molecule has 2 aliphatic rings. The molecule has 2 heterocycles. The molecule has 2 atom stereocenters. The minimum atomic E-state index is -0.828. The Morgan fingerprint density at radius 1 is 1.14 bits per heavy atom. The maximum atomic E-state index is 13.2. The van der Waals surface area contributed by atoms with Crippen molar-refractivity contribution in [3.8, 4) is 0 Å². The van der Waals surface area contributed by atoms with E-state index in [1.54, 1.807) is 0 Å². The molecule has 2 aliphatic heterocycles. The van der Waals surface area contributed by atoms with Gasteiger partial charge in [-0.05, 0) is 38.3 Å². The average molecular weight is 392 g/mol. The highest BCUT2D eigenvalue weighted by molar-refractivity contribution is 6.06. The van der Waals surface area contributed by atoms with Crippen LogP contribution < -0.4 is 0 Å². The molecule has 2 aromatic carbocycles. The number of carbonyl (C=O) groups is 2. The lowest BCUT2D eigenvalue weighted by Crippen LogP contribution is -2.49. The first-order valence-corrected chi connectivity index (χ1v) is 9.75. The fourth-order valence-corrected chi connectivity index (χ4v) is 3.78. The summed E-state index contributed by atoms with van der Waals surface area (Å²) >= 11 is 0. The molecule has 0 aromatic heterocycles. The molecular weight excluding hydrogens is 368 g/mol. The van der Waals surface area contributed by atoms with Crippen LogP contribution in [0, 0.1) is 6.92 Å². The highest BCUT2D eigenvalue weighted by Gasteiger charge is 2.52. The number of ether oxygens (including phenoxy) is 1. The van der Waals surface area contributed by atoms with E-state index in [-0.39, 0.29) is 0 Å². The third-order valence-electron chi connectivity index (χ3n) is 5.50. The van der Waals surface area contributed by atoms with Gasteiger partial charge in [-0.25, -0.2) is 9.69 Å². The predicted molar refractivity (Wildman–Crippen MR) is 109 cm³/mol. The Kier molecular flexibility index (Phi) is 4.86. The minimum Gasteiger partial charge on any atom is -0.441 e. The molecule has 0 spiro atoms. The number of amides is 2. The molecule has 6 nitrogen and oxygen atoms in total. The van der Waals surface area contributed by atoms with E-state index in [1.807, 2.05) is 75.4 Å². The average Bonchev–Trinajstić information content (AvgIpc) is 3.26. The number of carbonyl (C=O) groups excluding carboxylic acids is 2. The zero-order chi connectivity index (χ0) is 20.6. The summed E-state index contributed by atoms with van der Waals surface area (Å²) in [4.78, 5) is 32.4. The summed E-state index contributed by atoms with van der Waals surface area (Å²) in [6.07, 6.45) is -0.618. The highest BCUT2D eigenvalue weighted by Crippen LogP contribution is 2.33. The van der Waals surface area contributed by atoms with E-state index in [1.165, 1.54) is 4.90 Å². The Morgan fingerprint density at radius 3 is 2.52 bits per heavy atom. The van der Waals surface area contributed by atoms with E-state index in [9.17, 15) is 9.59 Å². The van der Waals surface area contributed by atoms with Crippen molar-refractivity contribution in [3.05, 3.63) is 71.3 Å². The van der Waals surface area contributed by atoms with Crippen molar-refractivity contribution in [1.29, 1.82) is 0 Å². The van der Waals surface area contributed by atoms with Crippen molar-refractivity contribution in [2.24, 2.45) is 5.16 Å². The molecule has 0 unspecified atom stereocenters. The number of imide groups is 1. The van der Waals surface area contributed by atoms with E-state index in [0.29, 0.717) is 18.6 Å². The lowest BCUT2D eigenvalue weighted by atomic mass is 9.91. The summed E-state index contributed by atoms with van der Waals surface area (Å²) < 4.78 is 5.52. The van der Waals surface area contributed by atoms with Crippen LogP contribution in [0.3, 0.4) is 0 Å². The van der Waals surface area contributed by atoms with Gasteiger partial charge in [-0.3, -0.25) is 4.79 Å². The van der Waals surface area contributed by atoms with Crippen LogP contribution in [0.1, 0.15) is 37.0 Å². The van der Waals surface area contributed by atoms with E-state index >= 15 is 0 Å². The predicted octanol–water partition coefficient (Wildman–Crippen LogP) is 3.86. The summed E-state index contributed by atoms with van der Waals surface area (Å²) in [7, 11) is 0. The van der Waals surface area contributed by atoms with Crippen molar-refractivity contribution in [1.82, 2.24) is 4.90 Å². The van der Waals surface area contributed by atoms with Crippen molar-refractivity contribution in [2.75, 3.05) is 0 Å². The van der Waals surface area contributed by atoms with Gasteiger partial charge >= 0.3 is 6.09 Å². The second kappa shape index (κ2) is 7.35. The number of rotatable bonds is 4. The molecule has 2 aromatic rings. The van der Waals surface area contributed by atoms with Gasteiger partial charge in [0.25, 0.3) is 5.91 Å². The zero-order valence-electron chi connectivity index (χ0n) is 16.8. The van der Waals surface area contributed by atoms with Crippen molar-refractivity contribution in [3.63, 3.8) is 0 Å². The Morgan fingerprint density at radius 2 is 1.83 bits per heavy atom. The monoisotopic (exact) mass is 392 g/mol. The zero-order valence-corrected chi connectivity index (χ0v) is 16.8. The Labute approximate surface area is 170 Å². The molecule has 150 valence electrons. The van der Waals surface area contributed by atoms with Crippen LogP contribution in [0.15, 0.2) is 59.8 Å². The van der Waals surface area contributed by atoms with Gasteiger partial charge in [0.1, 0.15) is 5.60 Å². The van der Waals surface area contributed by atoms with Gasteiger partial charge in [0.2, 0.25) is 6.10 Å². The van der Waals surface area contributed by atoms with Crippen LogP contribution >= 0.6 is 0 Å². The van der Waals surface area contributed by atoms with Crippen LogP contribution in [0.2, 0.25) is 0 Å². The fraction of sp³-hybridized carbons (Fsp3) is 0.348. The molecular formula is C23H24N2O4. The molecule has 6 heteroatoms. The SMILES string of the molecule is Cc1ccc(C2=NO[C@H](C(=O)N3C(=O)OC(C)(C)[C@@H]3Cc3ccccc3)C2)cc1. The highest BCUT2D eigenvalue weighted by atomic mass is 16.6. The van der Waals surface area contributed by atoms with Gasteiger partial charge < -0.3 is 9.57 Å². The van der Waals surface area contributed by atoms with Crippen molar-refractivity contribution < 1.29 is 19.2 Å². The maximum Gasteiger partial charge on any atom is 0.417 e. The number of oxime groups is 1. The van der Waals surface area contributed by atoms with E-state index < -0.39 is 29.7 Å². The summed E-state index contributed by atoms with van der Waals surface area (Å²) in [5.41, 5.74) is 3.00. The summed E-state index contributed by atoms with van der Waals surface area (Å²) in [6.45, 7) is 5.67. The normalized spacial score (nSPS) is 22.8. The smallest absolute Gasteiger partial charge is 0.417 e. The summed E-state index contributed by atoms with van der Waals surface area (Å²) in [6, 6.07) is 17.2. The molecule has 0 aliphatic carbocycles. The lowest BCUT2D eigenvalue weighted by molar-refractivity contribution is -0.140. The first-order valence-electron chi connectivity index (χ1n) is 9.75. The van der Waals surface area contributed by atoms with E-state index in [4.69, 9.17) is 9.57 Å². The van der Waals surface area contributed by atoms with Crippen molar-refractivity contribution >= 4 is 17.7 Å². The first-order chi connectivity index (χ1) is 13.8. The number of hydrogen-bond acceptors (Lipinski definition) is 5. The maximum absolute atomic E-state index is 13.2. The second-order valence-corrected chi connectivity index (χ2v) is 8.09. The number of aryl methyl sites for hydroxylation is 1. The number of nitrogens with zero attached hydrogens (tertiary/aromatic N) is 2. The second-order valence-electron chi connectivity index (χ2n) is 8.09. The third-order valence-corrected chi connectivity index (χ3v) is 5.50. The van der Waals surface area contributed by atoms with Gasteiger partial charge in [0.15, 0.2) is 0 Å². The van der Waals surface area contributed by atoms with Crippen LogP contribution in [0.4, 0.5) is 4.79 Å². The van der Waals surface area contributed by atoms with Gasteiger partial charge in [0.05, 0.1) is 11.8 Å². The van der Waals surface area contributed by atoms with E-state index in [2.05, 4.69) is 5.16 Å². The molecule has 2 amide bonds. The molecule has 4 rings (SSSR count). The molecule has 1 saturated heterocycles. The minimum absolute atomic E-state index is 0.324. The first kappa shape index (κ1) is 19.2. The molecule has 1 fully saturated rings. The fourth-order valence-electron chi connectivity index (χ4n) is 3.78. The molecule has 0 radical (unpaired) electrons. The van der Waals surface area contributed by atoms with Gasteiger partial charge in [-0.2, -0.15) is 0 Å². The quantitative estimate of drug-likeness (QED) is 0.792. The third kappa shape index (κ3) is 3.75. The Bertz CT molecular complexity index is 951. The van der Waals surface area contributed by atoms with Crippen LogP contribution in [0.25, 0.3) is 0 Å². The number of benzene rings is 2. The topological polar surface area (TPSA) is 68.2 Å². The summed E-state index contributed by atoms with van der Waals surface area (Å²) in [5, 5.41) is 4.10. The molecule has 0 bridgehead atoms. The van der Waals surface area contributed by atoms with Crippen LogP contribution in [0.5, 0.6) is 0 Å². The Hall–Kier alpha value is -3.15. The van der Waals surface area contributed by atoms with E-state index in [0.717, 1.165) is 16.7 Å². The van der Waals surface area contributed by atoms with Crippen LogP contribution in [-0.4, -0.2) is 40.4 Å². The molecule has 29 heavy (non-hydrogen) atoms. The number of cyclic esters (lactones) is 1. The molecule has 0 saturated carbocycles. The summed E-state index contributed by atoms with van der Waals surface area (Å²) in [5.74, 6) is -0.410. The van der Waals surface area contributed by atoms with Crippen molar-refractivity contribution in [2.45, 2.75) is 51.4 Å². The van der Waals surface area contributed by atoms with Crippen LogP contribution in [-0.2, 0) is 20.8 Å².